The third-order valence-electron chi connectivity index (χ3n) is 2.63. The second-order valence-electron chi connectivity index (χ2n) is 3.95. The summed E-state index contributed by atoms with van der Waals surface area (Å²) in [5, 5.41) is 6.91. The van der Waals surface area contributed by atoms with E-state index in [4.69, 9.17) is 5.73 Å². The molecule has 0 aliphatic heterocycles. The molecule has 0 saturated carbocycles. The topological polar surface area (TPSA) is 124 Å². The lowest BCUT2D eigenvalue weighted by molar-refractivity contribution is 0.705. The zero-order valence-electron chi connectivity index (χ0n) is 10.7. The fourth-order valence-electron chi connectivity index (χ4n) is 1.70. The maximum absolute atomic E-state index is 11.7. The van der Waals surface area contributed by atoms with Crippen molar-refractivity contribution in [3.63, 3.8) is 0 Å². The van der Waals surface area contributed by atoms with Crippen molar-refractivity contribution in [1.82, 2.24) is 24.3 Å². The number of nitrogens with one attached hydrogen (secondary N) is 2. The summed E-state index contributed by atoms with van der Waals surface area (Å²) in [6.07, 6.45) is 1.55. The van der Waals surface area contributed by atoms with Gasteiger partial charge in [0.15, 0.2) is 5.82 Å². The Morgan fingerprint density at radius 3 is 2.79 bits per heavy atom. The molecular weight excluding hydrogens is 250 g/mol. The molecule has 0 fully saturated rings. The van der Waals surface area contributed by atoms with Crippen LogP contribution in [0.25, 0.3) is 0 Å². The Morgan fingerprint density at radius 2 is 2.21 bits per heavy atom. The lowest BCUT2D eigenvalue weighted by Gasteiger charge is -2.11. The second kappa shape index (κ2) is 4.96. The van der Waals surface area contributed by atoms with Gasteiger partial charge in [-0.05, 0) is 6.92 Å². The molecule has 2 rings (SSSR count). The quantitative estimate of drug-likeness (QED) is 0.643. The first kappa shape index (κ1) is 12.9. The van der Waals surface area contributed by atoms with Crippen molar-refractivity contribution in [2.24, 2.45) is 7.05 Å². The molecule has 19 heavy (non-hydrogen) atoms. The van der Waals surface area contributed by atoms with Crippen LogP contribution in [0.3, 0.4) is 0 Å². The maximum atomic E-state index is 11.7. The highest BCUT2D eigenvalue weighted by molar-refractivity contribution is 5.60. The summed E-state index contributed by atoms with van der Waals surface area (Å²) in [7, 11) is 1.74. The molecule has 4 N–H and O–H groups in total. The third kappa shape index (κ3) is 2.49. The van der Waals surface area contributed by atoms with Gasteiger partial charge in [0, 0.05) is 13.6 Å². The van der Waals surface area contributed by atoms with Gasteiger partial charge < -0.3 is 11.1 Å². The Hall–Kier alpha value is -2.58. The summed E-state index contributed by atoms with van der Waals surface area (Å²) in [6, 6.07) is 0. The SMILES string of the molecule is CCn1c(N)c(NCc2ncn(C)n2)c(=O)[nH]c1=O. The van der Waals surface area contributed by atoms with Crippen LogP contribution in [0, 0.1) is 0 Å². The molecular formula is C10H15N7O2. The third-order valence-corrected chi connectivity index (χ3v) is 2.63. The first-order valence-electron chi connectivity index (χ1n) is 5.74. The number of nitrogen functional groups attached to an aromatic ring is 1. The van der Waals surface area contributed by atoms with Gasteiger partial charge in [-0.1, -0.05) is 0 Å². The molecule has 0 unspecified atom stereocenters. The first-order valence-corrected chi connectivity index (χ1v) is 5.74. The molecule has 0 amide bonds. The number of anilines is 2. The minimum Gasteiger partial charge on any atom is -0.383 e. The van der Waals surface area contributed by atoms with E-state index in [0.717, 1.165) is 0 Å². The maximum Gasteiger partial charge on any atom is 0.330 e. The Kier molecular flexibility index (Phi) is 3.36. The van der Waals surface area contributed by atoms with E-state index < -0.39 is 11.2 Å². The molecule has 0 atom stereocenters. The van der Waals surface area contributed by atoms with Crippen molar-refractivity contribution in [1.29, 1.82) is 0 Å². The highest BCUT2D eigenvalue weighted by Crippen LogP contribution is 2.10. The van der Waals surface area contributed by atoms with Gasteiger partial charge in [-0.15, -0.1) is 0 Å². The van der Waals surface area contributed by atoms with E-state index in [1.54, 1.807) is 25.0 Å². The number of aryl methyl sites for hydroxylation is 1. The van der Waals surface area contributed by atoms with Crippen molar-refractivity contribution >= 4 is 11.5 Å². The fourth-order valence-corrected chi connectivity index (χ4v) is 1.70. The number of nitrogens with zero attached hydrogens (tertiary/aromatic N) is 4. The van der Waals surface area contributed by atoms with Crippen LogP contribution in [-0.2, 0) is 20.1 Å². The monoisotopic (exact) mass is 265 g/mol. The van der Waals surface area contributed by atoms with Gasteiger partial charge in [0.1, 0.15) is 17.8 Å². The van der Waals surface area contributed by atoms with Crippen LogP contribution in [-0.4, -0.2) is 24.3 Å². The number of H-pyrrole nitrogens is 1. The van der Waals surface area contributed by atoms with Crippen LogP contribution < -0.4 is 22.3 Å². The van der Waals surface area contributed by atoms with Gasteiger partial charge in [0.05, 0.1) is 6.54 Å². The normalized spacial score (nSPS) is 10.6. The lowest BCUT2D eigenvalue weighted by atomic mass is 10.4. The molecule has 0 saturated heterocycles. The van der Waals surface area contributed by atoms with Gasteiger partial charge >= 0.3 is 5.69 Å². The summed E-state index contributed by atoms with van der Waals surface area (Å²) >= 11 is 0. The molecule has 9 heteroatoms. The van der Waals surface area contributed by atoms with Crippen LogP contribution in [0.5, 0.6) is 0 Å². The van der Waals surface area contributed by atoms with Crippen LogP contribution in [0.2, 0.25) is 0 Å². The van der Waals surface area contributed by atoms with Gasteiger partial charge in [0.25, 0.3) is 5.56 Å². The summed E-state index contributed by atoms with van der Waals surface area (Å²) in [5.41, 5.74) is 4.87. The summed E-state index contributed by atoms with van der Waals surface area (Å²) < 4.78 is 2.83. The fraction of sp³-hybridized carbons (Fsp3) is 0.400. The lowest BCUT2D eigenvalue weighted by Crippen LogP contribution is -2.33. The van der Waals surface area contributed by atoms with E-state index >= 15 is 0 Å². The Balaban J connectivity index is 2.30. The smallest absolute Gasteiger partial charge is 0.330 e. The molecule has 2 aromatic rings. The number of aromatic nitrogens is 5. The average Bonchev–Trinajstić information content (AvgIpc) is 2.75. The number of aromatic amines is 1. The van der Waals surface area contributed by atoms with Crippen LogP contribution in [0.4, 0.5) is 11.5 Å². The van der Waals surface area contributed by atoms with Crippen molar-refractivity contribution < 1.29 is 0 Å². The van der Waals surface area contributed by atoms with Crippen molar-refractivity contribution in [2.45, 2.75) is 20.0 Å². The molecule has 2 aromatic heterocycles. The summed E-state index contributed by atoms with van der Waals surface area (Å²) in [4.78, 5) is 29.4. The van der Waals surface area contributed by atoms with Gasteiger partial charge in [-0.3, -0.25) is 19.0 Å². The van der Waals surface area contributed by atoms with Crippen molar-refractivity contribution in [3.8, 4) is 0 Å². The molecule has 0 bridgehead atoms. The number of hydrogen-bond donors (Lipinski definition) is 3. The standard InChI is InChI=1S/C10H15N7O2/c1-3-17-8(11)7(9(18)14-10(17)19)12-4-6-13-5-16(2)15-6/h5,12H,3-4,11H2,1-2H3,(H,14,18,19). The van der Waals surface area contributed by atoms with Gasteiger partial charge in [0.2, 0.25) is 0 Å². The van der Waals surface area contributed by atoms with Crippen LogP contribution >= 0.6 is 0 Å². The van der Waals surface area contributed by atoms with E-state index in [1.807, 2.05) is 0 Å². The van der Waals surface area contributed by atoms with Crippen molar-refractivity contribution in [3.05, 3.63) is 33.0 Å². The minimum atomic E-state index is -0.553. The van der Waals surface area contributed by atoms with E-state index in [1.165, 1.54) is 4.57 Å². The number of rotatable bonds is 4. The highest BCUT2D eigenvalue weighted by Gasteiger charge is 2.11. The van der Waals surface area contributed by atoms with Crippen LogP contribution in [0.15, 0.2) is 15.9 Å². The van der Waals surface area contributed by atoms with E-state index in [-0.39, 0.29) is 18.1 Å². The first-order chi connectivity index (χ1) is 9.02. The Morgan fingerprint density at radius 1 is 1.47 bits per heavy atom. The number of nitrogens with two attached hydrogens (primary N) is 1. The van der Waals surface area contributed by atoms with E-state index in [9.17, 15) is 9.59 Å². The average molecular weight is 265 g/mol. The predicted molar refractivity (Wildman–Crippen MR) is 69.7 cm³/mol. The summed E-state index contributed by atoms with van der Waals surface area (Å²) in [5.74, 6) is 0.628. The molecule has 0 aliphatic rings. The summed E-state index contributed by atoms with van der Waals surface area (Å²) in [6.45, 7) is 2.38. The molecule has 0 aromatic carbocycles. The zero-order chi connectivity index (χ0) is 14.0. The van der Waals surface area contributed by atoms with Crippen molar-refractivity contribution in [2.75, 3.05) is 11.1 Å². The molecule has 9 nitrogen and oxygen atoms in total. The van der Waals surface area contributed by atoms with E-state index in [0.29, 0.717) is 12.4 Å². The van der Waals surface area contributed by atoms with Crippen LogP contribution in [0.1, 0.15) is 12.7 Å². The highest BCUT2D eigenvalue weighted by atomic mass is 16.2. The molecule has 0 aliphatic carbocycles. The van der Waals surface area contributed by atoms with Gasteiger partial charge in [-0.25, -0.2) is 9.78 Å². The Bertz CT molecular complexity index is 697. The largest absolute Gasteiger partial charge is 0.383 e. The molecule has 0 radical (unpaired) electrons. The Labute approximate surface area is 108 Å². The second-order valence-corrected chi connectivity index (χ2v) is 3.95. The number of hydrogen-bond acceptors (Lipinski definition) is 6. The predicted octanol–water partition coefficient (Wildman–Crippen LogP) is -1.12. The zero-order valence-corrected chi connectivity index (χ0v) is 10.7. The molecule has 2 heterocycles. The van der Waals surface area contributed by atoms with Gasteiger partial charge in [-0.2, -0.15) is 5.10 Å². The molecule has 0 spiro atoms. The van der Waals surface area contributed by atoms with E-state index in [2.05, 4.69) is 20.4 Å². The molecule has 102 valence electrons. The minimum absolute atomic E-state index is 0.104.